The number of ether oxygens (including phenoxy) is 2. The minimum atomic E-state index is -1.71. The fourth-order valence-corrected chi connectivity index (χ4v) is 12.5. The van der Waals surface area contributed by atoms with Crippen LogP contribution in [0, 0.1) is 0 Å². The third kappa shape index (κ3) is 9.80. The summed E-state index contributed by atoms with van der Waals surface area (Å²) in [7, 11) is 0.419. The van der Waals surface area contributed by atoms with Gasteiger partial charge < -0.3 is 24.2 Å². The Hall–Kier alpha value is -1.97. The van der Waals surface area contributed by atoms with E-state index in [-0.39, 0.29) is 0 Å². The van der Waals surface area contributed by atoms with Crippen LogP contribution in [0.1, 0.15) is 12.8 Å². The first-order valence-corrected chi connectivity index (χ1v) is 17.5. The molecule has 0 aliphatic carbocycles. The lowest BCUT2D eigenvalue weighted by molar-refractivity contribution is 0.313. The van der Waals surface area contributed by atoms with Crippen molar-refractivity contribution in [1.82, 2.24) is 0 Å². The molecule has 0 heterocycles. The predicted molar refractivity (Wildman–Crippen MR) is 138 cm³/mol. The van der Waals surface area contributed by atoms with Crippen molar-refractivity contribution in [2.24, 2.45) is 0 Å². The molecular weight excluding hydrogens is 420 g/mol. The molecule has 0 amide bonds. The summed E-state index contributed by atoms with van der Waals surface area (Å²) in [6.07, 6.45) is 2.05. The zero-order valence-electron chi connectivity index (χ0n) is 20.1. The molecule has 0 atom stereocenters. The second-order valence-corrected chi connectivity index (χ2v) is 17.9. The van der Waals surface area contributed by atoms with E-state index >= 15 is 0 Å². The van der Waals surface area contributed by atoms with Crippen molar-refractivity contribution in [2.45, 2.75) is 51.1 Å². The van der Waals surface area contributed by atoms with Crippen molar-refractivity contribution >= 4 is 28.0 Å². The SMILES string of the molecule is CNc1cccc(OCCC[Si](C)(C)O[Si](C)(C)CCCOc2cccc(NC)c2)c1. The van der Waals surface area contributed by atoms with Gasteiger partial charge in [0.05, 0.1) is 13.2 Å². The van der Waals surface area contributed by atoms with E-state index in [4.69, 9.17) is 13.6 Å². The Balaban J connectivity index is 1.68. The van der Waals surface area contributed by atoms with Crippen LogP contribution >= 0.6 is 0 Å². The monoisotopic (exact) mass is 460 g/mol. The molecule has 0 saturated heterocycles. The normalized spacial score (nSPS) is 11.8. The summed E-state index contributed by atoms with van der Waals surface area (Å²) in [4.78, 5) is 0. The first kappa shape index (κ1) is 25.3. The number of anilines is 2. The summed E-state index contributed by atoms with van der Waals surface area (Å²) in [5.41, 5.74) is 2.14. The van der Waals surface area contributed by atoms with Crippen LogP contribution in [-0.4, -0.2) is 43.9 Å². The quantitative estimate of drug-likeness (QED) is 0.251. The maximum absolute atomic E-state index is 6.75. The van der Waals surface area contributed by atoms with Gasteiger partial charge in [-0.15, -0.1) is 0 Å². The van der Waals surface area contributed by atoms with Crippen LogP contribution in [0.4, 0.5) is 11.4 Å². The molecule has 31 heavy (non-hydrogen) atoms. The van der Waals surface area contributed by atoms with Gasteiger partial charge in [-0.1, -0.05) is 12.1 Å². The highest BCUT2D eigenvalue weighted by Crippen LogP contribution is 2.25. The molecule has 7 heteroatoms. The predicted octanol–water partition coefficient (Wildman–Crippen LogP) is 6.43. The average Bonchev–Trinajstić information content (AvgIpc) is 2.74. The first-order valence-electron chi connectivity index (χ1n) is 11.2. The number of rotatable bonds is 14. The number of hydrogen-bond donors (Lipinski definition) is 2. The Labute approximate surface area is 190 Å². The fraction of sp³-hybridized carbons (Fsp3) is 0.500. The molecule has 5 nitrogen and oxygen atoms in total. The molecule has 0 bridgehead atoms. The topological polar surface area (TPSA) is 51.8 Å². The maximum Gasteiger partial charge on any atom is 0.173 e. The lowest BCUT2D eigenvalue weighted by atomic mass is 10.3. The fourth-order valence-electron chi connectivity index (χ4n) is 3.71. The molecule has 0 spiro atoms. The largest absolute Gasteiger partial charge is 0.494 e. The molecule has 172 valence electrons. The third-order valence-corrected chi connectivity index (χ3v) is 12.7. The van der Waals surface area contributed by atoms with Crippen LogP contribution < -0.4 is 20.1 Å². The minimum absolute atomic E-state index is 0.731. The lowest BCUT2D eigenvalue weighted by Crippen LogP contribution is -2.44. The molecule has 0 unspecified atom stereocenters. The van der Waals surface area contributed by atoms with Gasteiger partial charge in [-0.05, 0) is 75.4 Å². The van der Waals surface area contributed by atoms with Gasteiger partial charge in [-0.2, -0.15) is 0 Å². The van der Waals surface area contributed by atoms with Crippen LogP contribution in [0.15, 0.2) is 48.5 Å². The van der Waals surface area contributed by atoms with Crippen LogP contribution in [0.2, 0.25) is 38.3 Å². The molecule has 2 rings (SSSR count). The summed E-state index contributed by atoms with van der Waals surface area (Å²) in [5, 5.41) is 6.29. The summed E-state index contributed by atoms with van der Waals surface area (Å²) >= 11 is 0. The van der Waals surface area contributed by atoms with Crippen molar-refractivity contribution < 1.29 is 13.6 Å². The van der Waals surface area contributed by atoms with Crippen molar-refractivity contribution in [3.8, 4) is 11.5 Å². The van der Waals surface area contributed by atoms with E-state index in [2.05, 4.69) is 36.8 Å². The summed E-state index contributed by atoms with van der Waals surface area (Å²) in [6, 6.07) is 18.4. The van der Waals surface area contributed by atoms with Gasteiger partial charge in [0.1, 0.15) is 11.5 Å². The standard InChI is InChI=1S/C24H40N2O3Si2/c1-25-21-11-7-13-23(19-21)27-15-9-17-30(3,4)29-31(5,6)18-10-16-28-24-14-8-12-22(20-24)26-2/h7-8,11-14,19-20,25-26H,9-10,15-18H2,1-6H3. The zero-order chi connectivity index (χ0) is 22.7. The smallest absolute Gasteiger partial charge is 0.173 e. The van der Waals surface area contributed by atoms with E-state index < -0.39 is 16.6 Å². The second kappa shape index (κ2) is 12.2. The van der Waals surface area contributed by atoms with Gasteiger partial charge in [0.15, 0.2) is 16.6 Å². The minimum Gasteiger partial charge on any atom is -0.494 e. The lowest BCUT2D eigenvalue weighted by Gasteiger charge is -2.34. The van der Waals surface area contributed by atoms with Crippen LogP contribution in [-0.2, 0) is 4.12 Å². The van der Waals surface area contributed by atoms with E-state index in [0.717, 1.165) is 61.0 Å². The highest BCUT2D eigenvalue weighted by molar-refractivity contribution is 6.84. The molecule has 0 aliphatic heterocycles. The Morgan fingerprint density at radius 3 is 1.48 bits per heavy atom. The van der Waals surface area contributed by atoms with Crippen LogP contribution in [0.5, 0.6) is 11.5 Å². The van der Waals surface area contributed by atoms with Gasteiger partial charge >= 0.3 is 0 Å². The van der Waals surface area contributed by atoms with Crippen molar-refractivity contribution in [3.05, 3.63) is 48.5 Å². The third-order valence-electron chi connectivity index (χ3n) is 5.18. The Morgan fingerprint density at radius 2 is 1.10 bits per heavy atom. The molecule has 0 saturated carbocycles. The summed E-state index contributed by atoms with van der Waals surface area (Å²) < 4.78 is 18.6. The molecule has 0 aromatic heterocycles. The van der Waals surface area contributed by atoms with E-state index in [0.29, 0.717) is 0 Å². The molecular formula is C24H40N2O3Si2. The van der Waals surface area contributed by atoms with E-state index in [1.54, 1.807) is 0 Å². The second-order valence-electron chi connectivity index (χ2n) is 9.08. The molecule has 2 aromatic rings. The van der Waals surface area contributed by atoms with Gasteiger partial charge in [0, 0.05) is 37.6 Å². The molecule has 0 fully saturated rings. The van der Waals surface area contributed by atoms with Crippen LogP contribution in [0.25, 0.3) is 0 Å². The Bertz CT molecular complexity index is 734. The summed E-state index contributed by atoms with van der Waals surface area (Å²) in [6.45, 7) is 10.8. The molecule has 2 aromatic carbocycles. The number of benzene rings is 2. The van der Waals surface area contributed by atoms with Crippen LogP contribution in [0.3, 0.4) is 0 Å². The number of nitrogens with one attached hydrogen (secondary N) is 2. The highest BCUT2D eigenvalue weighted by Gasteiger charge is 2.32. The van der Waals surface area contributed by atoms with E-state index in [9.17, 15) is 0 Å². The van der Waals surface area contributed by atoms with Gasteiger partial charge in [-0.25, -0.2) is 0 Å². The van der Waals surface area contributed by atoms with Gasteiger partial charge in [-0.3, -0.25) is 0 Å². The van der Waals surface area contributed by atoms with E-state index in [1.807, 2.05) is 62.6 Å². The van der Waals surface area contributed by atoms with Crippen molar-refractivity contribution in [2.75, 3.05) is 37.9 Å². The van der Waals surface area contributed by atoms with Crippen molar-refractivity contribution in [1.29, 1.82) is 0 Å². The first-order chi connectivity index (χ1) is 14.7. The average molecular weight is 461 g/mol. The molecule has 2 N–H and O–H groups in total. The highest BCUT2D eigenvalue weighted by atomic mass is 28.4. The maximum atomic E-state index is 6.75. The molecule has 0 radical (unpaired) electrons. The Kier molecular flexibility index (Phi) is 9.93. The molecule has 0 aliphatic rings. The van der Waals surface area contributed by atoms with Crippen molar-refractivity contribution in [3.63, 3.8) is 0 Å². The summed E-state index contributed by atoms with van der Waals surface area (Å²) in [5.74, 6) is 1.84. The van der Waals surface area contributed by atoms with E-state index in [1.165, 1.54) is 0 Å². The van der Waals surface area contributed by atoms with Gasteiger partial charge in [0.2, 0.25) is 0 Å². The van der Waals surface area contributed by atoms with Gasteiger partial charge in [0.25, 0.3) is 0 Å². The zero-order valence-corrected chi connectivity index (χ0v) is 22.1. The number of hydrogen-bond acceptors (Lipinski definition) is 5. The Morgan fingerprint density at radius 1 is 0.677 bits per heavy atom.